The molecule has 1 aliphatic heterocycles. The van der Waals surface area contributed by atoms with Crippen LogP contribution in [0.25, 0.3) is 11.0 Å². The molecule has 0 atom stereocenters. The fourth-order valence-corrected chi connectivity index (χ4v) is 3.92. The quantitative estimate of drug-likeness (QED) is 0.535. The number of anilines is 4. The Morgan fingerprint density at radius 3 is 2.29 bits per heavy atom. The highest BCUT2D eigenvalue weighted by molar-refractivity contribution is 5.88. The smallest absolute Gasteiger partial charge is 0.231 e. The molecule has 5 rings (SSSR count). The lowest BCUT2D eigenvalue weighted by Gasteiger charge is -2.37. The molecule has 31 heavy (non-hydrogen) atoms. The number of nitrogens with one attached hydrogen (secondary N) is 1. The average molecular weight is 416 g/mol. The number of aryl methyl sites for hydroxylation is 1. The lowest BCUT2D eigenvalue weighted by atomic mass is 10.2. The van der Waals surface area contributed by atoms with Gasteiger partial charge in [-0.1, -0.05) is 18.2 Å². The Morgan fingerprint density at radius 2 is 1.58 bits per heavy atom. The molecule has 8 heteroatoms. The highest BCUT2D eigenvalue weighted by Crippen LogP contribution is 2.28. The van der Waals surface area contributed by atoms with Crippen LogP contribution in [0.4, 0.5) is 23.1 Å². The maximum Gasteiger partial charge on any atom is 0.231 e. The highest BCUT2D eigenvalue weighted by Gasteiger charge is 2.22. The molecule has 158 valence electrons. The third-order valence-corrected chi connectivity index (χ3v) is 5.62. The van der Waals surface area contributed by atoms with E-state index in [2.05, 4.69) is 50.5 Å². The number of hydrogen-bond donors (Lipinski definition) is 1. The molecule has 2 aromatic heterocycles. The van der Waals surface area contributed by atoms with Crippen molar-refractivity contribution >= 4 is 34.2 Å². The van der Waals surface area contributed by atoms with Crippen molar-refractivity contribution in [3.05, 3.63) is 60.8 Å². The van der Waals surface area contributed by atoms with E-state index in [-0.39, 0.29) is 0 Å². The van der Waals surface area contributed by atoms with E-state index in [0.717, 1.165) is 54.5 Å². The Bertz CT molecular complexity index is 1170. The summed E-state index contributed by atoms with van der Waals surface area (Å²) in [7, 11) is 3.56. The number of rotatable bonds is 5. The summed E-state index contributed by atoms with van der Waals surface area (Å²) in [4.78, 5) is 14.3. The first-order valence-corrected chi connectivity index (χ1v) is 10.4. The molecule has 0 aliphatic carbocycles. The highest BCUT2D eigenvalue weighted by atomic mass is 16.5. The SMILES string of the molecule is COc1ccc(Nc2nc(N3CCN(c4ccccc4)CC3)c3cnn(C)c3n2)cc1. The Labute approximate surface area is 181 Å². The van der Waals surface area contributed by atoms with Crippen LogP contribution in [-0.2, 0) is 7.05 Å². The molecule has 2 aromatic carbocycles. The molecule has 8 nitrogen and oxygen atoms in total. The summed E-state index contributed by atoms with van der Waals surface area (Å²) in [6, 6.07) is 18.3. The minimum absolute atomic E-state index is 0.557. The van der Waals surface area contributed by atoms with Crippen LogP contribution in [0.3, 0.4) is 0 Å². The Balaban J connectivity index is 1.41. The Kier molecular flexibility index (Phi) is 5.03. The van der Waals surface area contributed by atoms with Crippen LogP contribution in [0, 0.1) is 0 Å². The second-order valence-electron chi connectivity index (χ2n) is 7.54. The van der Waals surface area contributed by atoms with E-state index in [0.29, 0.717) is 5.95 Å². The van der Waals surface area contributed by atoms with Crippen molar-refractivity contribution in [1.82, 2.24) is 19.7 Å². The van der Waals surface area contributed by atoms with Gasteiger partial charge in [-0.15, -0.1) is 0 Å². The molecule has 0 amide bonds. The van der Waals surface area contributed by atoms with Crippen LogP contribution >= 0.6 is 0 Å². The molecular formula is C23H25N7O. The van der Waals surface area contributed by atoms with E-state index in [1.54, 1.807) is 11.8 Å². The van der Waals surface area contributed by atoms with Gasteiger partial charge in [0.05, 0.1) is 18.7 Å². The fourth-order valence-electron chi connectivity index (χ4n) is 3.92. The molecular weight excluding hydrogens is 390 g/mol. The summed E-state index contributed by atoms with van der Waals surface area (Å²) in [5.74, 6) is 2.29. The van der Waals surface area contributed by atoms with Gasteiger partial charge in [0.2, 0.25) is 5.95 Å². The number of ether oxygens (including phenoxy) is 1. The molecule has 0 unspecified atom stereocenters. The Morgan fingerprint density at radius 1 is 0.871 bits per heavy atom. The fraction of sp³-hybridized carbons (Fsp3) is 0.261. The number of benzene rings is 2. The normalized spacial score (nSPS) is 14.1. The van der Waals surface area contributed by atoms with Gasteiger partial charge in [-0.05, 0) is 36.4 Å². The zero-order valence-corrected chi connectivity index (χ0v) is 17.7. The molecule has 1 saturated heterocycles. The van der Waals surface area contributed by atoms with Gasteiger partial charge in [-0.3, -0.25) is 4.68 Å². The van der Waals surface area contributed by atoms with Crippen LogP contribution < -0.4 is 19.9 Å². The summed E-state index contributed by atoms with van der Waals surface area (Å²) >= 11 is 0. The minimum atomic E-state index is 0.557. The van der Waals surface area contributed by atoms with Gasteiger partial charge in [-0.2, -0.15) is 15.1 Å². The number of methoxy groups -OCH3 is 1. The van der Waals surface area contributed by atoms with Crippen LogP contribution in [0.5, 0.6) is 5.75 Å². The van der Waals surface area contributed by atoms with Crippen molar-refractivity contribution < 1.29 is 4.74 Å². The molecule has 1 fully saturated rings. The van der Waals surface area contributed by atoms with E-state index in [1.807, 2.05) is 37.5 Å². The molecule has 0 bridgehead atoms. The summed E-state index contributed by atoms with van der Waals surface area (Å²) in [5.41, 5.74) is 2.98. The minimum Gasteiger partial charge on any atom is -0.497 e. The molecule has 0 saturated carbocycles. The zero-order valence-electron chi connectivity index (χ0n) is 17.7. The van der Waals surface area contributed by atoms with Gasteiger partial charge in [-0.25, -0.2) is 0 Å². The van der Waals surface area contributed by atoms with Gasteiger partial charge in [0, 0.05) is 44.6 Å². The molecule has 1 N–H and O–H groups in total. The maximum absolute atomic E-state index is 5.24. The zero-order chi connectivity index (χ0) is 21.2. The van der Waals surface area contributed by atoms with Crippen LogP contribution in [-0.4, -0.2) is 53.0 Å². The van der Waals surface area contributed by atoms with E-state index in [9.17, 15) is 0 Å². The first-order chi connectivity index (χ1) is 15.2. The van der Waals surface area contributed by atoms with E-state index in [1.165, 1.54) is 5.69 Å². The van der Waals surface area contributed by atoms with Crippen molar-refractivity contribution in [3.63, 3.8) is 0 Å². The molecule has 1 aliphatic rings. The van der Waals surface area contributed by atoms with Crippen molar-refractivity contribution in [2.45, 2.75) is 0 Å². The number of para-hydroxylation sites is 1. The van der Waals surface area contributed by atoms with Crippen molar-refractivity contribution in [1.29, 1.82) is 0 Å². The van der Waals surface area contributed by atoms with Crippen LogP contribution in [0.1, 0.15) is 0 Å². The predicted molar refractivity (Wildman–Crippen MR) is 123 cm³/mol. The van der Waals surface area contributed by atoms with Crippen LogP contribution in [0.2, 0.25) is 0 Å². The van der Waals surface area contributed by atoms with E-state index in [4.69, 9.17) is 14.7 Å². The number of fused-ring (bicyclic) bond motifs is 1. The summed E-state index contributed by atoms with van der Waals surface area (Å²) in [6.45, 7) is 3.66. The Hall–Kier alpha value is -3.81. The number of aromatic nitrogens is 4. The second kappa shape index (κ2) is 8.14. The molecule has 0 radical (unpaired) electrons. The lowest BCUT2D eigenvalue weighted by Crippen LogP contribution is -2.47. The largest absolute Gasteiger partial charge is 0.497 e. The van der Waals surface area contributed by atoms with Gasteiger partial charge in [0.25, 0.3) is 0 Å². The topological polar surface area (TPSA) is 71.3 Å². The third kappa shape index (κ3) is 3.84. The third-order valence-electron chi connectivity index (χ3n) is 5.62. The average Bonchev–Trinajstić information content (AvgIpc) is 3.20. The molecule has 4 aromatic rings. The first kappa shape index (κ1) is 19.2. The van der Waals surface area contributed by atoms with Gasteiger partial charge in [0.1, 0.15) is 11.6 Å². The standard InChI is InChI=1S/C23H25N7O/c1-28-21-20(16-24-28)22(27-23(26-21)25-17-8-10-19(31-2)11-9-17)30-14-12-29(13-15-30)18-6-4-3-5-7-18/h3-11,16H,12-15H2,1-2H3,(H,25,26,27). The van der Waals surface area contributed by atoms with Gasteiger partial charge in [0.15, 0.2) is 5.65 Å². The summed E-state index contributed by atoms with van der Waals surface area (Å²) < 4.78 is 7.03. The second-order valence-corrected chi connectivity index (χ2v) is 7.54. The monoisotopic (exact) mass is 415 g/mol. The first-order valence-electron chi connectivity index (χ1n) is 10.4. The number of nitrogens with zero attached hydrogens (tertiary/aromatic N) is 6. The summed E-state index contributed by atoms with van der Waals surface area (Å²) in [6.07, 6.45) is 1.85. The van der Waals surface area contributed by atoms with E-state index < -0.39 is 0 Å². The predicted octanol–water partition coefficient (Wildman–Crippen LogP) is 3.44. The number of hydrogen-bond acceptors (Lipinski definition) is 7. The van der Waals surface area contributed by atoms with Crippen LogP contribution in [0.15, 0.2) is 60.8 Å². The van der Waals surface area contributed by atoms with Crippen molar-refractivity contribution in [2.75, 3.05) is 48.4 Å². The maximum atomic E-state index is 5.24. The van der Waals surface area contributed by atoms with Crippen molar-refractivity contribution in [3.8, 4) is 5.75 Å². The summed E-state index contributed by atoms with van der Waals surface area (Å²) in [5, 5.41) is 8.71. The van der Waals surface area contributed by atoms with E-state index >= 15 is 0 Å². The molecule has 3 heterocycles. The molecule has 0 spiro atoms. The number of piperazine rings is 1. The lowest BCUT2D eigenvalue weighted by molar-refractivity contribution is 0.415. The van der Waals surface area contributed by atoms with Crippen molar-refractivity contribution in [2.24, 2.45) is 7.05 Å². The van der Waals surface area contributed by atoms with Gasteiger partial charge < -0.3 is 19.9 Å². The van der Waals surface area contributed by atoms with Gasteiger partial charge >= 0.3 is 0 Å².